The zero-order chi connectivity index (χ0) is 8.77. The number of nitrogens with zero attached hydrogens (tertiary/aromatic N) is 2. The SMILES string of the molecule is Cn1ccc(C(=O)C2(C)CC2)n1. The van der Waals surface area contributed by atoms with Gasteiger partial charge in [0.15, 0.2) is 5.78 Å². The first-order valence-electron chi connectivity index (χ1n) is 4.16. The van der Waals surface area contributed by atoms with E-state index in [9.17, 15) is 4.79 Å². The van der Waals surface area contributed by atoms with Crippen LogP contribution in [0.25, 0.3) is 0 Å². The van der Waals surface area contributed by atoms with Gasteiger partial charge in [0.2, 0.25) is 0 Å². The third-order valence-corrected chi connectivity index (χ3v) is 2.49. The molecule has 1 fully saturated rings. The van der Waals surface area contributed by atoms with Crippen LogP contribution in [0.5, 0.6) is 0 Å². The van der Waals surface area contributed by atoms with E-state index in [1.165, 1.54) is 0 Å². The van der Waals surface area contributed by atoms with E-state index in [0.717, 1.165) is 12.8 Å². The Kier molecular flexibility index (Phi) is 1.37. The second kappa shape index (κ2) is 2.19. The Morgan fingerprint density at radius 3 is 2.75 bits per heavy atom. The van der Waals surface area contributed by atoms with Gasteiger partial charge in [-0.1, -0.05) is 6.92 Å². The van der Waals surface area contributed by atoms with Crippen LogP contribution in [-0.4, -0.2) is 15.6 Å². The highest BCUT2D eigenvalue weighted by atomic mass is 16.1. The minimum absolute atomic E-state index is 0.0889. The monoisotopic (exact) mass is 164 g/mol. The lowest BCUT2D eigenvalue weighted by Gasteiger charge is -2.02. The summed E-state index contributed by atoms with van der Waals surface area (Å²) in [7, 11) is 1.83. The summed E-state index contributed by atoms with van der Waals surface area (Å²) in [4.78, 5) is 11.7. The average Bonchev–Trinajstić information content (AvgIpc) is 2.62. The first-order valence-corrected chi connectivity index (χ1v) is 4.16. The van der Waals surface area contributed by atoms with Gasteiger partial charge in [-0.3, -0.25) is 9.48 Å². The molecule has 1 aliphatic carbocycles. The van der Waals surface area contributed by atoms with E-state index in [0.29, 0.717) is 5.69 Å². The molecule has 0 atom stereocenters. The molecule has 2 rings (SSSR count). The number of aryl methyl sites for hydroxylation is 1. The second-order valence-corrected chi connectivity index (χ2v) is 3.76. The Balaban J connectivity index is 2.25. The van der Waals surface area contributed by atoms with Crippen LogP contribution in [0.4, 0.5) is 0 Å². The number of Topliss-reactive ketones (excluding diaryl/α,β-unsaturated/α-hetero) is 1. The predicted octanol–water partition coefficient (Wildman–Crippen LogP) is 1.40. The van der Waals surface area contributed by atoms with Crippen molar-refractivity contribution in [3.05, 3.63) is 18.0 Å². The third kappa shape index (κ3) is 1.05. The van der Waals surface area contributed by atoms with Crippen LogP contribution in [0.3, 0.4) is 0 Å². The summed E-state index contributed by atoms with van der Waals surface area (Å²) < 4.78 is 1.67. The number of hydrogen-bond donors (Lipinski definition) is 0. The van der Waals surface area contributed by atoms with Crippen molar-refractivity contribution in [1.29, 1.82) is 0 Å². The minimum atomic E-state index is -0.0889. The summed E-state index contributed by atoms with van der Waals surface area (Å²) in [5.74, 6) is 0.197. The molecule has 1 heterocycles. The average molecular weight is 164 g/mol. The Morgan fingerprint density at radius 1 is 1.67 bits per heavy atom. The predicted molar refractivity (Wildman–Crippen MR) is 44.9 cm³/mol. The molecular weight excluding hydrogens is 152 g/mol. The molecule has 1 aliphatic rings. The Morgan fingerprint density at radius 2 is 2.33 bits per heavy atom. The maximum absolute atomic E-state index is 11.7. The topological polar surface area (TPSA) is 34.9 Å². The second-order valence-electron chi connectivity index (χ2n) is 3.76. The van der Waals surface area contributed by atoms with E-state index in [1.807, 2.05) is 14.0 Å². The summed E-state index contributed by atoms with van der Waals surface area (Å²) in [5.41, 5.74) is 0.520. The van der Waals surface area contributed by atoms with Gasteiger partial charge in [-0.15, -0.1) is 0 Å². The highest BCUT2D eigenvalue weighted by Gasteiger charge is 2.45. The largest absolute Gasteiger partial charge is 0.292 e. The van der Waals surface area contributed by atoms with Gasteiger partial charge < -0.3 is 0 Å². The molecule has 64 valence electrons. The smallest absolute Gasteiger partial charge is 0.188 e. The molecule has 0 aliphatic heterocycles. The van der Waals surface area contributed by atoms with Crippen molar-refractivity contribution in [2.75, 3.05) is 0 Å². The first kappa shape index (κ1) is 7.53. The standard InChI is InChI=1S/C9H12N2O/c1-9(4-5-9)8(12)7-3-6-11(2)10-7/h3,6H,4-5H2,1-2H3. The van der Waals surface area contributed by atoms with E-state index >= 15 is 0 Å². The molecule has 0 amide bonds. The summed E-state index contributed by atoms with van der Waals surface area (Å²) in [6.45, 7) is 2.00. The van der Waals surface area contributed by atoms with Crippen LogP contribution < -0.4 is 0 Å². The molecular formula is C9H12N2O. The van der Waals surface area contributed by atoms with Crippen molar-refractivity contribution in [1.82, 2.24) is 9.78 Å². The molecule has 0 radical (unpaired) electrons. The van der Waals surface area contributed by atoms with Crippen molar-refractivity contribution in [2.45, 2.75) is 19.8 Å². The van der Waals surface area contributed by atoms with Crippen LogP contribution >= 0.6 is 0 Å². The molecule has 0 aromatic carbocycles. The van der Waals surface area contributed by atoms with Crippen molar-refractivity contribution in [2.24, 2.45) is 12.5 Å². The zero-order valence-electron chi connectivity index (χ0n) is 7.37. The number of carbonyl (C=O) groups excluding carboxylic acids is 1. The van der Waals surface area contributed by atoms with Gasteiger partial charge in [0.05, 0.1) is 0 Å². The van der Waals surface area contributed by atoms with Crippen molar-refractivity contribution < 1.29 is 4.79 Å². The lowest BCUT2D eigenvalue weighted by Crippen LogP contribution is -2.12. The van der Waals surface area contributed by atoms with Gasteiger partial charge in [0, 0.05) is 18.7 Å². The molecule has 0 bridgehead atoms. The fourth-order valence-corrected chi connectivity index (χ4v) is 1.26. The quantitative estimate of drug-likeness (QED) is 0.619. The van der Waals surface area contributed by atoms with Gasteiger partial charge in [0.1, 0.15) is 5.69 Å². The molecule has 3 heteroatoms. The summed E-state index contributed by atoms with van der Waals surface area (Å²) in [6, 6.07) is 1.78. The molecule has 0 saturated heterocycles. The fourth-order valence-electron chi connectivity index (χ4n) is 1.26. The summed E-state index contributed by atoms with van der Waals surface area (Å²) >= 11 is 0. The summed E-state index contributed by atoms with van der Waals surface area (Å²) in [5, 5.41) is 4.08. The number of rotatable bonds is 2. The number of aromatic nitrogens is 2. The Bertz CT molecular complexity index is 323. The Labute approximate surface area is 71.4 Å². The van der Waals surface area contributed by atoms with E-state index < -0.39 is 0 Å². The lowest BCUT2D eigenvalue weighted by atomic mass is 10.0. The third-order valence-electron chi connectivity index (χ3n) is 2.49. The Hall–Kier alpha value is -1.12. The molecule has 0 spiro atoms. The zero-order valence-corrected chi connectivity index (χ0v) is 7.37. The van der Waals surface area contributed by atoms with Crippen LogP contribution in [0.1, 0.15) is 30.3 Å². The van der Waals surface area contributed by atoms with Gasteiger partial charge >= 0.3 is 0 Å². The maximum atomic E-state index is 11.7. The van der Waals surface area contributed by atoms with E-state index in [1.54, 1.807) is 16.9 Å². The number of hydrogen-bond acceptors (Lipinski definition) is 2. The molecule has 3 nitrogen and oxygen atoms in total. The number of carbonyl (C=O) groups is 1. The molecule has 0 unspecified atom stereocenters. The van der Waals surface area contributed by atoms with Crippen LogP contribution in [0, 0.1) is 5.41 Å². The van der Waals surface area contributed by atoms with E-state index in [2.05, 4.69) is 5.10 Å². The van der Waals surface area contributed by atoms with Crippen LogP contribution in [-0.2, 0) is 7.05 Å². The van der Waals surface area contributed by atoms with E-state index in [4.69, 9.17) is 0 Å². The number of ketones is 1. The fraction of sp³-hybridized carbons (Fsp3) is 0.556. The highest BCUT2D eigenvalue weighted by Crippen LogP contribution is 2.47. The minimum Gasteiger partial charge on any atom is -0.292 e. The van der Waals surface area contributed by atoms with Crippen molar-refractivity contribution in [3.8, 4) is 0 Å². The van der Waals surface area contributed by atoms with Gasteiger partial charge in [-0.25, -0.2) is 0 Å². The van der Waals surface area contributed by atoms with Crippen molar-refractivity contribution in [3.63, 3.8) is 0 Å². The highest BCUT2D eigenvalue weighted by molar-refractivity contribution is 6.00. The molecule has 12 heavy (non-hydrogen) atoms. The van der Waals surface area contributed by atoms with Gasteiger partial charge in [-0.2, -0.15) is 5.10 Å². The van der Waals surface area contributed by atoms with Crippen LogP contribution in [0.15, 0.2) is 12.3 Å². The first-order chi connectivity index (χ1) is 5.62. The normalized spacial score (nSPS) is 19.2. The molecule has 1 aromatic rings. The lowest BCUT2D eigenvalue weighted by molar-refractivity contribution is 0.0906. The summed E-state index contributed by atoms with van der Waals surface area (Å²) in [6.07, 6.45) is 3.84. The maximum Gasteiger partial charge on any atom is 0.188 e. The van der Waals surface area contributed by atoms with Crippen LogP contribution in [0.2, 0.25) is 0 Å². The van der Waals surface area contributed by atoms with Gasteiger partial charge in [-0.05, 0) is 18.9 Å². The van der Waals surface area contributed by atoms with Gasteiger partial charge in [0.25, 0.3) is 0 Å². The molecule has 1 saturated carbocycles. The van der Waals surface area contributed by atoms with E-state index in [-0.39, 0.29) is 11.2 Å². The molecule has 1 aromatic heterocycles. The van der Waals surface area contributed by atoms with Crippen molar-refractivity contribution >= 4 is 5.78 Å². The molecule has 0 N–H and O–H groups in total.